The normalized spacial score (nSPS) is 16.7. The number of benzene rings is 2. The average molecular weight is 323 g/mol. The summed E-state index contributed by atoms with van der Waals surface area (Å²) in [7, 11) is 0. The number of hydrogen-bond donors (Lipinski definition) is 1. The Morgan fingerprint density at radius 1 is 1.12 bits per heavy atom. The zero-order valence-corrected chi connectivity index (χ0v) is 13.2. The minimum atomic E-state index is -0.883. The van der Waals surface area contributed by atoms with Crippen molar-refractivity contribution in [3.8, 4) is 0 Å². The molecule has 0 saturated heterocycles. The predicted molar refractivity (Wildman–Crippen MR) is 90.9 cm³/mol. The van der Waals surface area contributed by atoms with E-state index >= 15 is 0 Å². The van der Waals surface area contributed by atoms with E-state index in [1.54, 1.807) is 19.1 Å². The molecule has 3 rings (SSSR count). The Bertz CT molecular complexity index is 760. The molecule has 0 saturated carbocycles. The molecular formula is C18H17N3O3. The molecule has 0 bridgehead atoms. The number of carbonyl (C=O) groups excluding carboxylic acids is 2. The number of amides is 2. The second-order valence-corrected chi connectivity index (χ2v) is 5.13. The Labute approximate surface area is 139 Å². The number of hydrazone groups is 1. The Balaban J connectivity index is 1.96. The summed E-state index contributed by atoms with van der Waals surface area (Å²) in [5.41, 5.74) is 1.90. The number of carbonyl (C=O) groups is 2. The first kappa shape index (κ1) is 15.7. The summed E-state index contributed by atoms with van der Waals surface area (Å²) in [6.45, 7) is 1.94. The van der Waals surface area contributed by atoms with Crippen molar-refractivity contribution in [1.29, 1.82) is 0 Å². The third kappa shape index (κ3) is 3.12. The molecule has 1 unspecified atom stereocenters. The van der Waals surface area contributed by atoms with Gasteiger partial charge in [-0.1, -0.05) is 48.5 Å². The molecule has 0 aliphatic carbocycles. The van der Waals surface area contributed by atoms with Crippen LogP contribution in [0.25, 0.3) is 0 Å². The van der Waals surface area contributed by atoms with Crippen molar-refractivity contribution >= 4 is 23.4 Å². The summed E-state index contributed by atoms with van der Waals surface area (Å²) in [6, 6.07) is 17.5. The van der Waals surface area contributed by atoms with E-state index in [9.17, 15) is 9.59 Å². The molecule has 1 N–H and O–H groups in total. The van der Waals surface area contributed by atoms with Crippen molar-refractivity contribution in [3.63, 3.8) is 0 Å². The standard InChI is InChI=1S/C18H17N3O3/c1-2-24-18(23)19-16-15(13-9-5-3-6-10-13)20-21(17(16)22)14-11-7-4-8-12-14/h3-12,16H,2H2,1H3,(H,19,23). The molecule has 2 aromatic carbocycles. The van der Waals surface area contributed by atoms with Crippen molar-refractivity contribution in [3.05, 3.63) is 66.2 Å². The third-order valence-corrected chi connectivity index (χ3v) is 3.54. The molecule has 1 atom stereocenters. The highest BCUT2D eigenvalue weighted by Gasteiger charge is 2.38. The van der Waals surface area contributed by atoms with Crippen molar-refractivity contribution in [2.75, 3.05) is 11.6 Å². The van der Waals surface area contributed by atoms with Gasteiger partial charge in [0.05, 0.1) is 12.3 Å². The number of anilines is 1. The van der Waals surface area contributed by atoms with Crippen LogP contribution in [0.3, 0.4) is 0 Å². The van der Waals surface area contributed by atoms with Gasteiger partial charge in [-0.2, -0.15) is 10.1 Å². The summed E-state index contributed by atoms with van der Waals surface area (Å²) in [5, 5.41) is 8.33. The SMILES string of the molecule is CCOC(=O)NC1C(=O)N(c2ccccc2)N=C1c1ccccc1. The van der Waals surface area contributed by atoms with E-state index in [0.717, 1.165) is 5.56 Å². The van der Waals surface area contributed by atoms with Gasteiger partial charge in [0.1, 0.15) is 5.71 Å². The van der Waals surface area contributed by atoms with Gasteiger partial charge in [-0.15, -0.1) is 0 Å². The van der Waals surface area contributed by atoms with E-state index < -0.39 is 12.1 Å². The van der Waals surface area contributed by atoms with E-state index in [4.69, 9.17) is 4.74 Å². The molecule has 122 valence electrons. The molecule has 2 amide bonds. The van der Waals surface area contributed by atoms with Crippen LogP contribution in [0.2, 0.25) is 0 Å². The van der Waals surface area contributed by atoms with Crippen molar-refractivity contribution < 1.29 is 14.3 Å². The van der Waals surface area contributed by atoms with Crippen molar-refractivity contribution in [1.82, 2.24) is 5.32 Å². The monoisotopic (exact) mass is 323 g/mol. The van der Waals surface area contributed by atoms with Gasteiger partial charge in [-0.25, -0.2) is 4.79 Å². The molecule has 0 fully saturated rings. The van der Waals surface area contributed by atoms with Crippen molar-refractivity contribution in [2.45, 2.75) is 13.0 Å². The van der Waals surface area contributed by atoms with Crippen LogP contribution in [0.5, 0.6) is 0 Å². The van der Waals surface area contributed by atoms with E-state index in [1.165, 1.54) is 5.01 Å². The molecule has 0 radical (unpaired) electrons. The largest absolute Gasteiger partial charge is 0.450 e. The first-order chi connectivity index (χ1) is 11.7. The molecule has 1 aliphatic rings. The van der Waals surface area contributed by atoms with Crippen LogP contribution < -0.4 is 10.3 Å². The number of ether oxygens (including phenoxy) is 1. The molecule has 1 aliphatic heterocycles. The van der Waals surface area contributed by atoms with Crippen LogP contribution in [0, 0.1) is 0 Å². The number of nitrogens with zero attached hydrogens (tertiary/aromatic N) is 2. The van der Waals surface area contributed by atoms with Crippen molar-refractivity contribution in [2.24, 2.45) is 5.10 Å². The first-order valence-corrected chi connectivity index (χ1v) is 7.67. The Kier molecular flexibility index (Phi) is 4.56. The van der Waals surface area contributed by atoms with E-state index in [1.807, 2.05) is 48.5 Å². The summed E-state index contributed by atoms with van der Waals surface area (Å²) in [5.74, 6) is -0.326. The zero-order chi connectivity index (χ0) is 16.9. The Hall–Kier alpha value is -3.15. The number of hydrogen-bond acceptors (Lipinski definition) is 4. The van der Waals surface area contributed by atoms with Gasteiger partial charge in [0.15, 0.2) is 6.04 Å². The summed E-state index contributed by atoms with van der Waals surface area (Å²) in [4.78, 5) is 24.6. The fourth-order valence-corrected chi connectivity index (χ4v) is 2.46. The van der Waals surface area contributed by atoms with Gasteiger partial charge >= 0.3 is 6.09 Å². The van der Waals surface area contributed by atoms with Gasteiger partial charge < -0.3 is 10.1 Å². The maximum absolute atomic E-state index is 12.8. The fraction of sp³-hybridized carbons (Fsp3) is 0.167. The Morgan fingerprint density at radius 3 is 2.38 bits per heavy atom. The quantitative estimate of drug-likeness (QED) is 0.940. The maximum Gasteiger partial charge on any atom is 0.408 e. The number of rotatable bonds is 4. The minimum absolute atomic E-state index is 0.229. The Morgan fingerprint density at radius 2 is 1.75 bits per heavy atom. The van der Waals surface area contributed by atoms with Gasteiger partial charge in [0, 0.05) is 5.56 Å². The maximum atomic E-state index is 12.8. The van der Waals surface area contributed by atoms with Crippen LogP contribution in [0.15, 0.2) is 65.8 Å². The van der Waals surface area contributed by atoms with Crippen LogP contribution in [-0.4, -0.2) is 30.4 Å². The van der Waals surface area contributed by atoms with E-state index in [2.05, 4.69) is 10.4 Å². The molecular weight excluding hydrogens is 306 g/mol. The highest BCUT2D eigenvalue weighted by Crippen LogP contribution is 2.23. The highest BCUT2D eigenvalue weighted by molar-refractivity contribution is 6.25. The van der Waals surface area contributed by atoms with Crippen LogP contribution in [0.1, 0.15) is 12.5 Å². The lowest BCUT2D eigenvalue weighted by Crippen LogP contribution is -2.46. The van der Waals surface area contributed by atoms with Crippen LogP contribution >= 0.6 is 0 Å². The van der Waals surface area contributed by atoms with Gasteiger partial charge in [0.2, 0.25) is 0 Å². The first-order valence-electron chi connectivity index (χ1n) is 7.67. The molecule has 2 aromatic rings. The summed E-state index contributed by atoms with van der Waals surface area (Å²) in [6.07, 6.45) is -0.644. The minimum Gasteiger partial charge on any atom is -0.450 e. The second kappa shape index (κ2) is 6.95. The third-order valence-electron chi connectivity index (χ3n) is 3.54. The van der Waals surface area contributed by atoms with Crippen LogP contribution in [0.4, 0.5) is 10.5 Å². The van der Waals surface area contributed by atoms with E-state index in [-0.39, 0.29) is 12.5 Å². The lowest BCUT2D eigenvalue weighted by atomic mass is 10.0. The number of para-hydroxylation sites is 1. The highest BCUT2D eigenvalue weighted by atomic mass is 16.5. The molecule has 0 spiro atoms. The average Bonchev–Trinajstić information content (AvgIpc) is 2.93. The van der Waals surface area contributed by atoms with Crippen LogP contribution in [-0.2, 0) is 9.53 Å². The van der Waals surface area contributed by atoms with Gasteiger partial charge in [0.25, 0.3) is 5.91 Å². The van der Waals surface area contributed by atoms with Gasteiger partial charge in [-0.05, 0) is 19.1 Å². The molecule has 24 heavy (non-hydrogen) atoms. The lowest BCUT2D eigenvalue weighted by molar-refractivity contribution is -0.118. The van der Waals surface area contributed by atoms with Gasteiger partial charge in [-0.3, -0.25) is 4.79 Å². The molecule has 0 aromatic heterocycles. The smallest absolute Gasteiger partial charge is 0.408 e. The fourth-order valence-electron chi connectivity index (χ4n) is 2.46. The lowest BCUT2D eigenvalue weighted by Gasteiger charge is -2.15. The summed E-state index contributed by atoms with van der Waals surface area (Å²) < 4.78 is 4.90. The zero-order valence-electron chi connectivity index (χ0n) is 13.2. The number of nitrogens with one attached hydrogen (secondary N) is 1. The van der Waals surface area contributed by atoms with E-state index in [0.29, 0.717) is 11.4 Å². The second-order valence-electron chi connectivity index (χ2n) is 5.13. The molecule has 6 nitrogen and oxygen atoms in total. The predicted octanol–water partition coefficient (Wildman–Crippen LogP) is 2.55. The molecule has 6 heteroatoms. The molecule has 1 heterocycles. The summed E-state index contributed by atoms with van der Waals surface area (Å²) >= 11 is 0. The topological polar surface area (TPSA) is 71.0 Å². The number of alkyl carbamates (subject to hydrolysis) is 1.